The molecule has 0 aliphatic carbocycles. The number of carbonyl (C=O) groups excluding carboxylic acids is 1. The van der Waals surface area contributed by atoms with E-state index >= 15 is 0 Å². The van der Waals surface area contributed by atoms with E-state index in [9.17, 15) is 9.59 Å². The molecule has 6 nitrogen and oxygen atoms in total. The summed E-state index contributed by atoms with van der Waals surface area (Å²) in [6.45, 7) is 3.44. The van der Waals surface area contributed by atoms with E-state index in [-0.39, 0.29) is 13.0 Å². The Kier molecular flexibility index (Phi) is 5.32. The standard InChI is InChI=1S/C13H18N2O4/c1-8-3-4-9(2)11(7-8)15-13(19)14-10(5-6-16)12(17)18/h3-4,7,10,16H,5-6H2,1-2H3,(H,17,18)(H2,14,15,19)/t10-/m1/s1. The molecule has 6 heteroatoms. The smallest absolute Gasteiger partial charge is 0.326 e. The lowest BCUT2D eigenvalue weighted by molar-refractivity contribution is -0.139. The molecular formula is C13H18N2O4. The maximum atomic E-state index is 11.7. The van der Waals surface area contributed by atoms with Crippen LogP contribution in [0.1, 0.15) is 17.5 Å². The number of amides is 2. The zero-order valence-electron chi connectivity index (χ0n) is 10.9. The maximum absolute atomic E-state index is 11.7. The van der Waals surface area contributed by atoms with Crippen molar-refractivity contribution in [1.29, 1.82) is 0 Å². The molecule has 0 aromatic heterocycles. The highest BCUT2D eigenvalue weighted by Gasteiger charge is 2.19. The number of anilines is 1. The Morgan fingerprint density at radius 1 is 1.32 bits per heavy atom. The van der Waals surface area contributed by atoms with Gasteiger partial charge < -0.3 is 20.8 Å². The first kappa shape index (κ1) is 15.0. The van der Waals surface area contributed by atoms with Crippen LogP contribution in [0.5, 0.6) is 0 Å². The molecule has 0 saturated heterocycles. The zero-order valence-corrected chi connectivity index (χ0v) is 10.9. The molecule has 0 aliphatic rings. The molecule has 0 saturated carbocycles. The topological polar surface area (TPSA) is 98.7 Å². The SMILES string of the molecule is Cc1ccc(C)c(NC(=O)N[C@H](CCO)C(=O)O)c1. The summed E-state index contributed by atoms with van der Waals surface area (Å²) in [5, 5.41) is 22.5. The van der Waals surface area contributed by atoms with Crippen LogP contribution in [0.15, 0.2) is 18.2 Å². The minimum absolute atomic E-state index is 0.0322. The second-order valence-electron chi connectivity index (χ2n) is 4.32. The number of rotatable bonds is 5. The Balaban J connectivity index is 2.68. The van der Waals surface area contributed by atoms with Gasteiger partial charge in [0.1, 0.15) is 6.04 Å². The number of hydrogen-bond donors (Lipinski definition) is 4. The highest BCUT2D eigenvalue weighted by molar-refractivity contribution is 5.92. The molecule has 4 N–H and O–H groups in total. The van der Waals surface area contributed by atoms with Crippen LogP contribution in [0.2, 0.25) is 0 Å². The fourth-order valence-corrected chi connectivity index (χ4v) is 1.57. The van der Waals surface area contributed by atoms with Crippen LogP contribution in [-0.4, -0.2) is 34.9 Å². The first-order valence-electron chi connectivity index (χ1n) is 5.92. The van der Waals surface area contributed by atoms with Crippen molar-refractivity contribution >= 4 is 17.7 Å². The van der Waals surface area contributed by atoms with Gasteiger partial charge in [0.05, 0.1) is 0 Å². The molecule has 1 aromatic rings. The van der Waals surface area contributed by atoms with Crippen LogP contribution >= 0.6 is 0 Å². The number of aliphatic hydroxyl groups is 1. The van der Waals surface area contributed by atoms with Gasteiger partial charge in [-0.05, 0) is 31.0 Å². The third kappa shape index (κ3) is 4.59. The lowest BCUT2D eigenvalue weighted by atomic mass is 10.1. The summed E-state index contributed by atoms with van der Waals surface area (Å²) in [5.74, 6) is -1.18. The number of aryl methyl sites for hydroxylation is 2. The van der Waals surface area contributed by atoms with Crippen LogP contribution in [0.25, 0.3) is 0 Å². The molecule has 104 valence electrons. The molecular weight excluding hydrogens is 248 g/mol. The average Bonchev–Trinajstić information content (AvgIpc) is 2.33. The van der Waals surface area contributed by atoms with Gasteiger partial charge >= 0.3 is 12.0 Å². The van der Waals surface area contributed by atoms with Gasteiger partial charge in [-0.1, -0.05) is 12.1 Å². The quantitative estimate of drug-likeness (QED) is 0.644. The number of aliphatic carboxylic acids is 1. The minimum Gasteiger partial charge on any atom is -0.480 e. The number of carboxylic acid groups (broad SMARTS) is 1. The Hall–Kier alpha value is -2.08. The molecule has 0 spiro atoms. The van der Waals surface area contributed by atoms with E-state index in [1.165, 1.54) is 0 Å². The number of carbonyl (C=O) groups is 2. The second kappa shape index (κ2) is 6.75. The van der Waals surface area contributed by atoms with Gasteiger partial charge in [0, 0.05) is 18.7 Å². The first-order chi connectivity index (χ1) is 8.93. The Morgan fingerprint density at radius 2 is 2.00 bits per heavy atom. The van der Waals surface area contributed by atoms with E-state index in [1.54, 1.807) is 6.07 Å². The molecule has 0 radical (unpaired) electrons. The summed E-state index contributed by atoms with van der Waals surface area (Å²) in [7, 11) is 0. The largest absolute Gasteiger partial charge is 0.480 e. The molecule has 1 rings (SSSR count). The number of carboxylic acids is 1. The normalized spacial score (nSPS) is 11.7. The van der Waals surface area contributed by atoms with Gasteiger partial charge in [-0.25, -0.2) is 9.59 Å². The van der Waals surface area contributed by atoms with Crippen molar-refractivity contribution < 1.29 is 19.8 Å². The predicted molar refractivity (Wildman–Crippen MR) is 71.2 cm³/mol. The summed E-state index contributed by atoms with van der Waals surface area (Å²) < 4.78 is 0. The average molecular weight is 266 g/mol. The third-order valence-corrected chi connectivity index (χ3v) is 2.66. The zero-order chi connectivity index (χ0) is 14.4. The van der Waals surface area contributed by atoms with Crippen LogP contribution in [-0.2, 0) is 4.79 Å². The van der Waals surface area contributed by atoms with Crippen molar-refractivity contribution in [2.45, 2.75) is 26.3 Å². The van der Waals surface area contributed by atoms with E-state index in [2.05, 4.69) is 10.6 Å². The monoisotopic (exact) mass is 266 g/mol. The molecule has 1 aromatic carbocycles. The van der Waals surface area contributed by atoms with Gasteiger partial charge in [0.2, 0.25) is 0 Å². The van der Waals surface area contributed by atoms with Crippen molar-refractivity contribution in [3.05, 3.63) is 29.3 Å². The Labute approximate surface area is 111 Å². The van der Waals surface area contributed by atoms with Crippen LogP contribution in [0, 0.1) is 13.8 Å². The summed E-state index contributed by atoms with van der Waals surface area (Å²) in [6.07, 6.45) is -0.0322. The number of hydrogen-bond acceptors (Lipinski definition) is 3. The van der Waals surface area contributed by atoms with Gasteiger partial charge in [0.15, 0.2) is 0 Å². The Morgan fingerprint density at radius 3 is 2.58 bits per heavy atom. The lowest BCUT2D eigenvalue weighted by Crippen LogP contribution is -2.43. The van der Waals surface area contributed by atoms with Crippen LogP contribution < -0.4 is 10.6 Å². The molecule has 2 amide bonds. The first-order valence-corrected chi connectivity index (χ1v) is 5.92. The molecule has 0 heterocycles. The molecule has 0 unspecified atom stereocenters. The van der Waals surface area contributed by atoms with Crippen molar-refractivity contribution in [3.8, 4) is 0 Å². The van der Waals surface area contributed by atoms with E-state index in [0.717, 1.165) is 11.1 Å². The number of aliphatic hydroxyl groups excluding tert-OH is 1. The maximum Gasteiger partial charge on any atom is 0.326 e. The van der Waals surface area contributed by atoms with E-state index < -0.39 is 18.0 Å². The number of benzene rings is 1. The molecule has 0 bridgehead atoms. The highest BCUT2D eigenvalue weighted by atomic mass is 16.4. The van der Waals surface area contributed by atoms with Gasteiger partial charge in [0.25, 0.3) is 0 Å². The van der Waals surface area contributed by atoms with E-state index in [1.807, 2.05) is 26.0 Å². The van der Waals surface area contributed by atoms with Crippen LogP contribution in [0.3, 0.4) is 0 Å². The van der Waals surface area contributed by atoms with Gasteiger partial charge in [-0.3, -0.25) is 0 Å². The molecule has 0 fully saturated rings. The minimum atomic E-state index is -1.18. The summed E-state index contributed by atoms with van der Waals surface area (Å²) in [5.41, 5.74) is 2.51. The molecule has 19 heavy (non-hydrogen) atoms. The van der Waals surface area contributed by atoms with Crippen molar-refractivity contribution in [2.24, 2.45) is 0 Å². The Bertz CT molecular complexity index is 474. The lowest BCUT2D eigenvalue weighted by Gasteiger charge is -2.15. The summed E-state index contributed by atoms with van der Waals surface area (Å²) in [6, 6.07) is 3.89. The van der Waals surface area contributed by atoms with Crippen molar-refractivity contribution in [1.82, 2.24) is 5.32 Å². The summed E-state index contributed by atoms with van der Waals surface area (Å²) >= 11 is 0. The van der Waals surface area contributed by atoms with Crippen molar-refractivity contribution in [3.63, 3.8) is 0 Å². The van der Waals surface area contributed by atoms with Gasteiger partial charge in [-0.15, -0.1) is 0 Å². The number of urea groups is 1. The van der Waals surface area contributed by atoms with E-state index in [0.29, 0.717) is 5.69 Å². The summed E-state index contributed by atoms with van der Waals surface area (Å²) in [4.78, 5) is 22.5. The van der Waals surface area contributed by atoms with Gasteiger partial charge in [-0.2, -0.15) is 0 Å². The highest BCUT2D eigenvalue weighted by Crippen LogP contribution is 2.16. The second-order valence-corrected chi connectivity index (χ2v) is 4.32. The van der Waals surface area contributed by atoms with Crippen LogP contribution in [0.4, 0.5) is 10.5 Å². The number of nitrogens with one attached hydrogen (secondary N) is 2. The van der Waals surface area contributed by atoms with E-state index in [4.69, 9.17) is 10.2 Å². The fraction of sp³-hybridized carbons (Fsp3) is 0.385. The third-order valence-electron chi connectivity index (χ3n) is 2.66. The predicted octanol–water partition coefficient (Wildman–Crippen LogP) is 1.26. The molecule has 0 aliphatic heterocycles. The van der Waals surface area contributed by atoms with Crippen molar-refractivity contribution in [2.75, 3.05) is 11.9 Å². The fourth-order valence-electron chi connectivity index (χ4n) is 1.57. The molecule has 1 atom stereocenters.